The lowest BCUT2D eigenvalue weighted by atomic mass is 10.3. The Bertz CT molecular complexity index is 381. The molecule has 1 aromatic carbocycles. The van der Waals surface area contributed by atoms with Crippen molar-refractivity contribution < 1.29 is 14.3 Å². The van der Waals surface area contributed by atoms with E-state index >= 15 is 0 Å². The average molecular weight is 244 g/mol. The fourth-order valence-corrected chi connectivity index (χ4v) is 1.44. The van der Waals surface area contributed by atoms with Gasteiger partial charge in [0.25, 0.3) is 0 Å². The topological polar surface area (TPSA) is 38.8 Å². The van der Waals surface area contributed by atoms with Gasteiger partial charge < -0.3 is 9.47 Å². The Kier molecular flexibility index (Phi) is 4.43. The molecule has 0 saturated heterocycles. The molecule has 0 saturated carbocycles. The van der Waals surface area contributed by atoms with E-state index in [1.54, 1.807) is 25.2 Å². The molecule has 0 N–H and O–H groups in total. The second-order valence-corrected chi connectivity index (χ2v) is 3.48. The second kappa shape index (κ2) is 5.61. The first kappa shape index (κ1) is 12.6. The molecular formula is C11H14ClNO3. The molecule has 88 valence electrons. The van der Waals surface area contributed by atoms with Gasteiger partial charge >= 0.3 is 6.09 Å². The van der Waals surface area contributed by atoms with Crippen molar-refractivity contribution in [1.29, 1.82) is 0 Å². The van der Waals surface area contributed by atoms with E-state index in [0.29, 0.717) is 23.1 Å². The van der Waals surface area contributed by atoms with Gasteiger partial charge in [-0.15, -0.1) is 0 Å². The van der Waals surface area contributed by atoms with Crippen molar-refractivity contribution in [3.8, 4) is 5.75 Å². The van der Waals surface area contributed by atoms with E-state index in [2.05, 4.69) is 4.74 Å². The second-order valence-electron chi connectivity index (χ2n) is 3.08. The van der Waals surface area contributed by atoms with Crippen LogP contribution in [-0.2, 0) is 4.74 Å². The van der Waals surface area contributed by atoms with Crippen LogP contribution in [0.25, 0.3) is 0 Å². The van der Waals surface area contributed by atoms with E-state index in [-0.39, 0.29) is 0 Å². The van der Waals surface area contributed by atoms with E-state index in [1.807, 2.05) is 6.92 Å². The Morgan fingerprint density at radius 1 is 1.50 bits per heavy atom. The zero-order valence-electron chi connectivity index (χ0n) is 9.49. The zero-order valence-corrected chi connectivity index (χ0v) is 10.2. The van der Waals surface area contributed by atoms with E-state index in [1.165, 1.54) is 12.0 Å². The van der Waals surface area contributed by atoms with E-state index in [0.717, 1.165) is 0 Å². The Morgan fingerprint density at radius 2 is 2.19 bits per heavy atom. The number of nitrogens with zero attached hydrogens (tertiary/aromatic N) is 1. The molecule has 0 atom stereocenters. The third-order valence-electron chi connectivity index (χ3n) is 2.05. The standard InChI is InChI=1S/C11H14ClNO3/c1-4-16-10-6-5-8(7-9(10)12)13(2)11(14)15-3/h5-7H,4H2,1-3H3. The molecule has 0 aromatic heterocycles. The lowest BCUT2D eigenvalue weighted by Gasteiger charge is -2.16. The summed E-state index contributed by atoms with van der Waals surface area (Å²) in [6, 6.07) is 5.12. The van der Waals surface area contributed by atoms with Crippen LogP contribution in [0.5, 0.6) is 5.75 Å². The van der Waals surface area contributed by atoms with Gasteiger partial charge in [-0.05, 0) is 25.1 Å². The minimum atomic E-state index is -0.444. The van der Waals surface area contributed by atoms with Gasteiger partial charge in [0.05, 0.1) is 18.7 Å². The highest BCUT2D eigenvalue weighted by Crippen LogP contribution is 2.29. The summed E-state index contributed by atoms with van der Waals surface area (Å²) in [5, 5.41) is 0.468. The number of carbonyl (C=O) groups excluding carboxylic acids is 1. The van der Waals surface area contributed by atoms with Crippen LogP contribution in [0.4, 0.5) is 10.5 Å². The molecule has 4 nitrogen and oxygen atoms in total. The first-order valence-electron chi connectivity index (χ1n) is 4.84. The predicted molar refractivity (Wildman–Crippen MR) is 63.4 cm³/mol. The Hall–Kier alpha value is -1.42. The van der Waals surface area contributed by atoms with Gasteiger partial charge in [-0.25, -0.2) is 4.79 Å². The van der Waals surface area contributed by atoms with Crippen molar-refractivity contribution in [3.05, 3.63) is 23.2 Å². The van der Waals surface area contributed by atoms with Crippen LogP contribution in [-0.4, -0.2) is 26.9 Å². The van der Waals surface area contributed by atoms with Gasteiger partial charge in [0, 0.05) is 12.7 Å². The Morgan fingerprint density at radius 3 is 2.69 bits per heavy atom. The maximum atomic E-state index is 11.3. The molecule has 0 aliphatic heterocycles. The highest BCUT2D eigenvalue weighted by Gasteiger charge is 2.12. The summed E-state index contributed by atoms with van der Waals surface area (Å²) in [6.45, 7) is 2.43. The SMILES string of the molecule is CCOc1ccc(N(C)C(=O)OC)cc1Cl. The minimum Gasteiger partial charge on any atom is -0.492 e. The number of amides is 1. The molecule has 0 aliphatic carbocycles. The molecule has 0 spiro atoms. The Labute approximate surface area is 99.7 Å². The number of carbonyl (C=O) groups is 1. The largest absolute Gasteiger partial charge is 0.492 e. The molecule has 0 aliphatic rings. The summed E-state index contributed by atoms with van der Waals surface area (Å²) in [4.78, 5) is 12.6. The zero-order chi connectivity index (χ0) is 12.1. The van der Waals surface area contributed by atoms with Crippen LogP contribution in [0.15, 0.2) is 18.2 Å². The van der Waals surface area contributed by atoms with Crippen LogP contribution < -0.4 is 9.64 Å². The summed E-state index contributed by atoms with van der Waals surface area (Å²) in [5.74, 6) is 0.603. The van der Waals surface area contributed by atoms with E-state index in [9.17, 15) is 4.79 Å². The van der Waals surface area contributed by atoms with Gasteiger partial charge in [0.15, 0.2) is 0 Å². The number of methoxy groups -OCH3 is 1. The van der Waals surface area contributed by atoms with Gasteiger partial charge in [0.2, 0.25) is 0 Å². The molecule has 16 heavy (non-hydrogen) atoms. The number of rotatable bonds is 3. The summed E-state index contributed by atoms with van der Waals surface area (Å²) >= 11 is 6.00. The molecule has 0 bridgehead atoms. The molecule has 0 unspecified atom stereocenters. The first-order valence-corrected chi connectivity index (χ1v) is 5.22. The predicted octanol–water partition coefficient (Wildman–Crippen LogP) is 2.94. The van der Waals surface area contributed by atoms with Crippen LogP contribution in [0, 0.1) is 0 Å². The highest BCUT2D eigenvalue weighted by molar-refractivity contribution is 6.32. The van der Waals surface area contributed by atoms with Crippen LogP contribution >= 0.6 is 11.6 Å². The van der Waals surface area contributed by atoms with Crippen LogP contribution in [0.1, 0.15) is 6.92 Å². The first-order chi connectivity index (χ1) is 7.60. The quantitative estimate of drug-likeness (QED) is 0.819. The summed E-state index contributed by atoms with van der Waals surface area (Å²) in [7, 11) is 2.94. The summed E-state index contributed by atoms with van der Waals surface area (Å²) in [6.07, 6.45) is -0.444. The number of ether oxygens (including phenoxy) is 2. The number of halogens is 1. The number of hydrogen-bond acceptors (Lipinski definition) is 3. The van der Waals surface area contributed by atoms with Crippen LogP contribution in [0.3, 0.4) is 0 Å². The van der Waals surface area contributed by atoms with Crippen molar-refractivity contribution >= 4 is 23.4 Å². The lowest BCUT2D eigenvalue weighted by molar-refractivity contribution is 0.180. The molecule has 0 fully saturated rings. The fraction of sp³-hybridized carbons (Fsp3) is 0.364. The maximum Gasteiger partial charge on any atom is 0.413 e. The highest BCUT2D eigenvalue weighted by atomic mass is 35.5. The van der Waals surface area contributed by atoms with Crippen molar-refractivity contribution in [2.75, 3.05) is 25.7 Å². The molecule has 5 heteroatoms. The number of hydrogen-bond donors (Lipinski definition) is 0. The van der Waals surface area contributed by atoms with Crippen LogP contribution in [0.2, 0.25) is 5.02 Å². The van der Waals surface area contributed by atoms with Crippen molar-refractivity contribution in [1.82, 2.24) is 0 Å². The molecule has 1 amide bonds. The smallest absolute Gasteiger partial charge is 0.413 e. The third-order valence-corrected chi connectivity index (χ3v) is 2.35. The number of benzene rings is 1. The van der Waals surface area contributed by atoms with E-state index in [4.69, 9.17) is 16.3 Å². The monoisotopic (exact) mass is 243 g/mol. The normalized spacial score (nSPS) is 9.75. The van der Waals surface area contributed by atoms with Gasteiger partial charge in [-0.3, -0.25) is 4.90 Å². The minimum absolute atomic E-state index is 0.444. The maximum absolute atomic E-state index is 11.3. The van der Waals surface area contributed by atoms with Crippen molar-refractivity contribution in [2.45, 2.75) is 6.92 Å². The molecule has 1 aromatic rings. The van der Waals surface area contributed by atoms with Gasteiger partial charge in [0.1, 0.15) is 5.75 Å². The molecule has 0 heterocycles. The van der Waals surface area contributed by atoms with Gasteiger partial charge in [-0.2, -0.15) is 0 Å². The summed E-state index contributed by atoms with van der Waals surface area (Å²) < 4.78 is 9.89. The molecule has 1 rings (SSSR count). The number of anilines is 1. The summed E-state index contributed by atoms with van der Waals surface area (Å²) in [5.41, 5.74) is 0.653. The van der Waals surface area contributed by atoms with E-state index < -0.39 is 6.09 Å². The molecule has 0 radical (unpaired) electrons. The molecular weight excluding hydrogens is 230 g/mol. The average Bonchev–Trinajstić information content (AvgIpc) is 2.30. The fourth-order valence-electron chi connectivity index (χ4n) is 1.21. The Balaban J connectivity index is 2.92. The third kappa shape index (κ3) is 2.79. The van der Waals surface area contributed by atoms with Crippen molar-refractivity contribution in [2.24, 2.45) is 0 Å². The van der Waals surface area contributed by atoms with Crippen molar-refractivity contribution in [3.63, 3.8) is 0 Å². The lowest BCUT2D eigenvalue weighted by Crippen LogP contribution is -2.25. The van der Waals surface area contributed by atoms with Gasteiger partial charge in [-0.1, -0.05) is 11.6 Å².